The molecule has 0 N–H and O–H groups in total. The number of carbonyl (C=O) groups excluding carboxylic acids is 2. The summed E-state index contributed by atoms with van der Waals surface area (Å²) < 4.78 is 0. The van der Waals surface area contributed by atoms with Gasteiger partial charge in [0.25, 0.3) is 5.91 Å². The SMILES string of the molecule is CCN(C(=O)c1ccccc1C(=O)N=[N+]=[N-])C1CCCCC1. The molecule has 1 aromatic carbocycles. The highest BCUT2D eigenvalue weighted by Gasteiger charge is 2.27. The van der Waals surface area contributed by atoms with E-state index in [4.69, 9.17) is 5.53 Å². The van der Waals surface area contributed by atoms with Crippen molar-refractivity contribution < 1.29 is 9.59 Å². The predicted molar refractivity (Wildman–Crippen MR) is 83.5 cm³/mol. The van der Waals surface area contributed by atoms with Crippen LogP contribution in [-0.2, 0) is 0 Å². The van der Waals surface area contributed by atoms with Crippen LogP contribution >= 0.6 is 0 Å². The number of amides is 2. The maximum Gasteiger partial charge on any atom is 0.254 e. The summed E-state index contributed by atoms with van der Waals surface area (Å²) in [5, 5.41) is 3.11. The van der Waals surface area contributed by atoms with Gasteiger partial charge in [-0.15, -0.1) is 0 Å². The zero-order valence-corrected chi connectivity index (χ0v) is 12.7. The lowest BCUT2D eigenvalue weighted by atomic mass is 9.93. The minimum absolute atomic E-state index is 0.161. The highest BCUT2D eigenvalue weighted by atomic mass is 16.2. The summed E-state index contributed by atoms with van der Waals surface area (Å²) in [6.07, 6.45) is 5.49. The van der Waals surface area contributed by atoms with E-state index in [1.165, 1.54) is 12.5 Å². The second kappa shape index (κ2) is 7.61. The second-order valence-electron chi connectivity index (χ2n) is 5.42. The normalized spacial score (nSPS) is 15.0. The van der Waals surface area contributed by atoms with Crippen molar-refractivity contribution in [2.75, 3.05) is 6.54 Å². The molecular weight excluding hydrogens is 280 g/mol. The van der Waals surface area contributed by atoms with Crippen LogP contribution in [0.25, 0.3) is 10.4 Å². The van der Waals surface area contributed by atoms with Gasteiger partial charge in [0, 0.05) is 23.1 Å². The van der Waals surface area contributed by atoms with E-state index in [0.717, 1.165) is 25.7 Å². The topological polar surface area (TPSA) is 86.1 Å². The highest BCUT2D eigenvalue weighted by Crippen LogP contribution is 2.24. The fourth-order valence-electron chi connectivity index (χ4n) is 3.07. The molecule has 1 aliphatic carbocycles. The second-order valence-corrected chi connectivity index (χ2v) is 5.42. The van der Waals surface area contributed by atoms with Crippen molar-refractivity contribution in [3.8, 4) is 0 Å². The number of azide groups is 1. The van der Waals surface area contributed by atoms with E-state index in [1.54, 1.807) is 18.2 Å². The molecule has 0 atom stereocenters. The quantitative estimate of drug-likeness (QED) is 0.479. The lowest BCUT2D eigenvalue weighted by Gasteiger charge is -2.34. The van der Waals surface area contributed by atoms with Crippen molar-refractivity contribution in [1.82, 2.24) is 4.90 Å². The van der Waals surface area contributed by atoms with Crippen LogP contribution in [0.15, 0.2) is 29.4 Å². The van der Waals surface area contributed by atoms with Gasteiger partial charge < -0.3 is 4.90 Å². The smallest absolute Gasteiger partial charge is 0.254 e. The molecule has 0 aromatic heterocycles. The van der Waals surface area contributed by atoms with Gasteiger partial charge in [-0.2, -0.15) is 0 Å². The third-order valence-corrected chi connectivity index (χ3v) is 4.14. The van der Waals surface area contributed by atoms with Gasteiger partial charge >= 0.3 is 0 Å². The van der Waals surface area contributed by atoms with Gasteiger partial charge in [0.05, 0.1) is 5.56 Å². The Morgan fingerprint density at radius 3 is 2.45 bits per heavy atom. The molecule has 0 unspecified atom stereocenters. The van der Waals surface area contributed by atoms with Gasteiger partial charge in [0.1, 0.15) is 0 Å². The maximum atomic E-state index is 12.8. The molecule has 6 heteroatoms. The lowest BCUT2D eigenvalue weighted by Crippen LogP contribution is -2.41. The zero-order chi connectivity index (χ0) is 15.9. The molecule has 1 aromatic rings. The van der Waals surface area contributed by atoms with Crippen LogP contribution in [0.2, 0.25) is 0 Å². The Bertz CT molecular complexity index is 602. The van der Waals surface area contributed by atoms with Gasteiger partial charge in [0.15, 0.2) is 0 Å². The number of carbonyl (C=O) groups is 2. The van der Waals surface area contributed by atoms with Crippen LogP contribution in [-0.4, -0.2) is 29.3 Å². The van der Waals surface area contributed by atoms with E-state index in [2.05, 4.69) is 10.0 Å². The number of hydrogen-bond acceptors (Lipinski definition) is 2. The Balaban J connectivity index is 2.31. The Morgan fingerprint density at radius 2 is 1.86 bits per heavy atom. The summed E-state index contributed by atoms with van der Waals surface area (Å²) in [7, 11) is 0. The summed E-state index contributed by atoms with van der Waals surface area (Å²) in [5.41, 5.74) is 8.91. The predicted octanol–water partition coefficient (Wildman–Crippen LogP) is 3.93. The van der Waals surface area contributed by atoms with Crippen molar-refractivity contribution in [3.05, 3.63) is 45.8 Å². The van der Waals surface area contributed by atoms with Gasteiger partial charge in [-0.3, -0.25) is 9.59 Å². The van der Waals surface area contributed by atoms with Crippen LogP contribution < -0.4 is 0 Å². The summed E-state index contributed by atoms with van der Waals surface area (Å²) in [6, 6.07) is 6.75. The van der Waals surface area contributed by atoms with E-state index in [0.29, 0.717) is 12.1 Å². The first-order valence-corrected chi connectivity index (χ1v) is 7.68. The van der Waals surface area contributed by atoms with Crippen molar-refractivity contribution in [1.29, 1.82) is 0 Å². The zero-order valence-electron chi connectivity index (χ0n) is 12.7. The first-order chi connectivity index (χ1) is 10.7. The molecule has 1 aliphatic rings. The molecule has 1 saturated carbocycles. The van der Waals surface area contributed by atoms with Crippen molar-refractivity contribution >= 4 is 11.8 Å². The van der Waals surface area contributed by atoms with Crippen LogP contribution in [0.4, 0.5) is 0 Å². The van der Waals surface area contributed by atoms with Gasteiger partial charge in [-0.05, 0) is 36.5 Å². The van der Waals surface area contributed by atoms with Crippen molar-refractivity contribution in [2.45, 2.75) is 45.1 Å². The molecule has 2 rings (SSSR count). The Kier molecular flexibility index (Phi) is 5.55. The maximum absolute atomic E-state index is 12.8. The third kappa shape index (κ3) is 3.46. The van der Waals surface area contributed by atoms with E-state index in [-0.39, 0.29) is 17.5 Å². The van der Waals surface area contributed by atoms with Gasteiger partial charge in [-0.25, -0.2) is 0 Å². The third-order valence-electron chi connectivity index (χ3n) is 4.14. The average molecular weight is 300 g/mol. The van der Waals surface area contributed by atoms with Crippen LogP contribution in [0.3, 0.4) is 0 Å². The Morgan fingerprint density at radius 1 is 1.23 bits per heavy atom. The summed E-state index contributed by atoms with van der Waals surface area (Å²) in [5.74, 6) is -0.877. The first-order valence-electron chi connectivity index (χ1n) is 7.68. The molecule has 0 bridgehead atoms. The van der Waals surface area contributed by atoms with E-state index in [1.807, 2.05) is 11.8 Å². The van der Waals surface area contributed by atoms with Crippen LogP contribution in [0.1, 0.15) is 59.7 Å². The Hall–Kier alpha value is -2.33. The summed E-state index contributed by atoms with van der Waals surface area (Å²) in [6.45, 7) is 2.55. The van der Waals surface area contributed by atoms with E-state index >= 15 is 0 Å². The molecule has 0 saturated heterocycles. The molecule has 2 amide bonds. The standard InChI is InChI=1S/C16H20N4O2/c1-2-20(12-8-4-3-5-9-12)16(22)14-11-7-6-10-13(14)15(21)18-19-17/h6-7,10-12H,2-5,8-9H2,1H3. The number of hydrogen-bond donors (Lipinski definition) is 0. The van der Waals surface area contributed by atoms with Crippen LogP contribution in [0.5, 0.6) is 0 Å². The molecule has 0 spiro atoms. The van der Waals surface area contributed by atoms with Crippen LogP contribution in [0, 0.1) is 0 Å². The fraction of sp³-hybridized carbons (Fsp3) is 0.500. The van der Waals surface area contributed by atoms with Gasteiger partial charge in [0.2, 0.25) is 5.91 Å². The molecule has 22 heavy (non-hydrogen) atoms. The number of nitrogens with zero attached hydrogens (tertiary/aromatic N) is 4. The first kappa shape index (κ1) is 16.0. The molecule has 0 radical (unpaired) electrons. The molecule has 0 heterocycles. The van der Waals surface area contributed by atoms with Crippen molar-refractivity contribution in [3.63, 3.8) is 0 Å². The highest BCUT2D eigenvalue weighted by molar-refractivity contribution is 6.07. The number of rotatable bonds is 4. The average Bonchev–Trinajstić information content (AvgIpc) is 2.56. The summed E-state index contributed by atoms with van der Waals surface area (Å²) in [4.78, 5) is 29.1. The van der Waals surface area contributed by atoms with Gasteiger partial charge in [-0.1, -0.05) is 37.5 Å². The fourth-order valence-corrected chi connectivity index (χ4v) is 3.07. The molecular formula is C16H20N4O2. The van der Waals surface area contributed by atoms with E-state index in [9.17, 15) is 9.59 Å². The molecule has 1 fully saturated rings. The van der Waals surface area contributed by atoms with E-state index < -0.39 is 5.91 Å². The van der Waals surface area contributed by atoms with Crippen molar-refractivity contribution in [2.24, 2.45) is 5.11 Å². The Labute approximate surface area is 129 Å². The molecule has 116 valence electrons. The lowest BCUT2D eigenvalue weighted by molar-refractivity contribution is 0.0644. The molecule has 0 aliphatic heterocycles. The summed E-state index contributed by atoms with van der Waals surface area (Å²) >= 11 is 0. The number of benzene rings is 1. The minimum atomic E-state index is -0.717. The monoisotopic (exact) mass is 300 g/mol. The minimum Gasteiger partial charge on any atom is -0.336 e. The molecule has 6 nitrogen and oxygen atoms in total. The largest absolute Gasteiger partial charge is 0.336 e.